The maximum Gasteiger partial charge on any atom is 0.214 e. The molecular formula is C10H9ClN2O2S. The van der Waals surface area contributed by atoms with Crippen molar-refractivity contribution in [3.8, 4) is 0 Å². The average Bonchev–Trinajstić information content (AvgIpc) is 2.15. The Bertz CT molecular complexity index is 640. The van der Waals surface area contributed by atoms with Crippen LogP contribution in [-0.4, -0.2) is 13.4 Å². The monoisotopic (exact) mass is 256 g/mol. The number of hydrogen-bond donors (Lipinski definition) is 1. The van der Waals surface area contributed by atoms with E-state index in [0.29, 0.717) is 5.69 Å². The summed E-state index contributed by atoms with van der Waals surface area (Å²) in [6, 6.07) is 9.03. The van der Waals surface area contributed by atoms with Crippen molar-refractivity contribution >= 4 is 32.4 Å². The van der Waals surface area contributed by atoms with Crippen molar-refractivity contribution in [3.63, 3.8) is 0 Å². The summed E-state index contributed by atoms with van der Waals surface area (Å²) in [5, 5.41) is 6.88. The van der Waals surface area contributed by atoms with Gasteiger partial charge >= 0.3 is 0 Å². The molecule has 1 heterocycles. The number of primary sulfonamides is 1. The predicted octanol–water partition coefficient (Wildman–Crippen LogP) is 1.68. The van der Waals surface area contributed by atoms with Crippen LogP contribution in [-0.2, 0) is 15.8 Å². The first-order valence-electron chi connectivity index (χ1n) is 4.50. The average molecular weight is 257 g/mol. The van der Waals surface area contributed by atoms with Crippen LogP contribution in [0.1, 0.15) is 5.69 Å². The second-order valence-electron chi connectivity index (χ2n) is 3.43. The lowest BCUT2D eigenvalue weighted by atomic mass is 10.1. The van der Waals surface area contributed by atoms with Gasteiger partial charge in [0.1, 0.15) is 10.9 Å². The molecule has 0 unspecified atom stereocenters. The van der Waals surface area contributed by atoms with Crippen molar-refractivity contribution in [3.05, 3.63) is 41.2 Å². The molecule has 0 amide bonds. The van der Waals surface area contributed by atoms with Gasteiger partial charge in [-0.25, -0.2) is 18.5 Å². The third-order valence-electron chi connectivity index (χ3n) is 2.10. The molecule has 84 valence electrons. The molecule has 4 nitrogen and oxygen atoms in total. The molecule has 0 aliphatic carbocycles. The number of nitrogens with two attached hydrogens (primary N) is 1. The highest BCUT2D eigenvalue weighted by atomic mass is 35.5. The van der Waals surface area contributed by atoms with Gasteiger partial charge in [-0.1, -0.05) is 35.9 Å². The third kappa shape index (κ3) is 2.49. The summed E-state index contributed by atoms with van der Waals surface area (Å²) in [7, 11) is -3.58. The van der Waals surface area contributed by atoms with Crippen molar-refractivity contribution in [2.24, 2.45) is 5.14 Å². The van der Waals surface area contributed by atoms with E-state index in [1.54, 1.807) is 6.07 Å². The Morgan fingerprint density at radius 1 is 1.31 bits per heavy atom. The van der Waals surface area contributed by atoms with Crippen molar-refractivity contribution in [1.29, 1.82) is 0 Å². The summed E-state index contributed by atoms with van der Waals surface area (Å²) in [5.74, 6) is -0.308. The van der Waals surface area contributed by atoms with E-state index < -0.39 is 10.0 Å². The molecule has 0 aliphatic heterocycles. The fourth-order valence-electron chi connectivity index (χ4n) is 1.49. The number of aromatic nitrogens is 1. The van der Waals surface area contributed by atoms with Gasteiger partial charge in [0, 0.05) is 5.39 Å². The highest BCUT2D eigenvalue weighted by Crippen LogP contribution is 2.22. The van der Waals surface area contributed by atoms with Crippen molar-refractivity contribution in [2.45, 2.75) is 5.75 Å². The smallest absolute Gasteiger partial charge is 0.214 e. The van der Waals surface area contributed by atoms with E-state index in [1.807, 2.05) is 24.3 Å². The van der Waals surface area contributed by atoms with E-state index in [1.165, 1.54) is 0 Å². The van der Waals surface area contributed by atoms with Crippen LogP contribution in [0.2, 0.25) is 5.15 Å². The van der Waals surface area contributed by atoms with Crippen LogP contribution in [0, 0.1) is 0 Å². The molecule has 16 heavy (non-hydrogen) atoms. The molecule has 0 saturated heterocycles. The molecule has 0 saturated carbocycles. The Morgan fingerprint density at radius 2 is 2.00 bits per heavy atom. The number of rotatable bonds is 2. The molecule has 2 rings (SSSR count). The zero-order chi connectivity index (χ0) is 11.8. The molecule has 0 fully saturated rings. The molecule has 6 heteroatoms. The van der Waals surface area contributed by atoms with Gasteiger partial charge in [0.25, 0.3) is 0 Å². The molecule has 2 aromatic rings. The number of sulfonamides is 1. The first kappa shape index (κ1) is 11.3. The first-order valence-corrected chi connectivity index (χ1v) is 6.60. The Kier molecular flexibility index (Phi) is 2.84. The molecule has 1 aromatic heterocycles. The van der Waals surface area contributed by atoms with Crippen LogP contribution >= 0.6 is 11.6 Å². The van der Waals surface area contributed by atoms with E-state index in [4.69, 9.17) is 16.7 Å². The van der Waals surface area contributed by atoms with E-state index in [0.717, 1.165) is 10.8 Å². The Balaban J connectivity index is 2.58. The lowest BCUT2D eigenvalue weighted by molar-refractivity contribution is 0.596. The summed E-state index contributed by atoms with van der Waals surface area (Å²) >= 11 is 5.94. The molecule has 0 spiro atoms. The van der Waals surface area contributed by atoms with Crippen LogP contribution in [0.15, 0.2) is 30.3 Å². The number of pyridine rings is 1. The molecule has 0 aliphatic rings. The maximum absolute atomic E-state index is 10.9. The second kappa shape index (κ2) is 4.01. The standard InChI is InChI=1S/C10H9ClN2O2S/c11-10-9-4-2-1-3-7(9)5-8(13-10)6-16(12,14)15/h1-5H,6H2,(H2,12,14,15). The van der Waals surface area contributed by atoms with Gasteiger partial charge in [-0.3, -0.25) is 0 Å². The Morgan fingerprint density at radius 3 is 2.69 bits per heavy atom. The first-order chi connectivity index (χ1) is 7.46. The lowest BCUT2D eigenvalue weighted by Gasteiger charge is -2.03. The quantitative estimate of drug-likeness (QED) is 0.831. The third-order valence-corrected chi connectivity index (χ3v) is 3.08. The largest absolute Gasteiger partial charge is 0.239 e. The fourth-order valence-corrected chi connectivity index (χ4v) is 2.33. The zero-order valence-corrected chi connectivity index (χ0v) is 9.79. The van der Waals surface area contributed by atoms with Crippen LogP contribution in [0.25, 0.3) is 10.8 Å². The summed E-state index contributed by atoms with van der Waals surface area (Å²) in [5.41, 5.74) is 0.353. The van der Waals surface area contributed by atoms with Gasteiger partial charge in [0.2, 0.25) is 10.0 Å². The Hall–Kier alpha value is -1.17. The van der Waals surface area contributed by atoms with Gasteiger partial charge in [0.05, 0.1) is 5.69 Å². The summed E-state index contributed by atoms with van der Waals surface area (Å²) < 4.78 is 21.9. The fraction of sp³-hybridized carbons (Fsp3) is 0.100. The van der Waals surface area contributed by atoms with E-state index >= 15 is 0 Å². The zero-order valence-electron chi connectivity index (χ0n) is 8.22. The molecule has 2 N–H and O–H groups in total. The van der Waals surface area contributed by atoms with Crippen molar-refractivity contribution in [1.82, 2.24) is 4.98 Å². The van der Waals surface area contributed by atoms with E-state index in [-0.39, 0.29) is 10.9 Å². The number of benzene rings is 1. The van der Waals surface area contributed by atoms with Crippen LogP contribution < -0.4 is 5.14 Å². The number of fused-ring (bicyclic) bond motifs is 1. The summed E-state index contributed by atoms with van der Waals surface area (Å²) in [6.45, 7) is 0. The SMILES string of the molecule is NS(=O)(=O)Cc1cc2ccccc2c(Cl)n1. The molecule has 0 atom stereocenters. The van der Waals surface area contributed by atoms with E-state index in [2.05, 4.69) is 4.98 Å². The van der Waals surface area contributed by atoms with Gasteiger partial charge in [-0.15, -0.1) is 0 Å². The van der Waals surface area contributed by atoms with Crippen molar-refractivity contribution in [2.75, 3.05) is 0 Å². The predicted molar refractivity (Wildman–Crippen MR) is 63.6 cm³/mol. The molecule has 1 aromatic carbocycles. The van der Waals surface area contributed by atoms with Gasteiger partial charge in [-0.05, 0) is 11.5 Å². The molecule has 0 radical (unpaired) electrons. The van der Waals surface area contributed by atoms with Crippen molar-refractivity contribution < 1.29 is 8.42 Å². The van der Waals surface area contributed by atoms with Crippen LogP contribution in [0.3, 0.4) is 0 Å². The summed E-state index contributed by atoms with van der Waals surface area (Å²) in [4.78, 5) is 3.99. The van der Waals surface area contributed by atoms with Crippen LogP contribution in [0.5, 0.6) is 0 Å². The minimum Gasteiger partial charge on any atom is -0.239 e. The topological polar surface area (TPSA) is 73.1 Å². The summed E-state index contributed by atoms with van der Waals surface area (Å²) in [6.07, 6.45) is 0. The molecular weight excluding hydrogens is 248 g/mol. The van der Waals surface area contributed by atoms with Crippen LogP contribution in [0.4, 0.5) is 0 Å². The highest BCUT2D eigenvalue weighted by Gasteiger charge is 2.09. The highest BCUT2D eigenvalue weighted by molar-refractivity contribution is 7.88. The van der Waals surface area contributed by atoms with Gasteiger partial charge in [0.15, 0.2) is 0 Å². The Labute approximate surface area is 98.1 Å². The number of hydrogen-bond acceptors (Lipinski definition) is 3. The van der Waals surface area contributed by atoms with Gasteiger partial charge < -0.3 is 0 Å². The lowest BCUT2D eigenvalue weighted by Crippen LogP contribution is -2.15. The van der Waals surface area contributed by atoms with Gasteiger partial charge in [-0.2, -0.15) is 0 Å². The normalized spacial score (nSPS) is 11.9. The minimum absolute atomic E-state index is 0.289. The number of halogens is 1. The number of nitrogens with zero attached hydrogens (tertiary/aromatic N) is 1. The maximum atomic E-state index is 10.9. The second-order valence-corrected chi connectivity index (χ2v) is 5.41. The van der Waals surface area contributed by atoms with E-state index in [9.17, 15) is 8.42 Å². The molecule has 0 bridgehead atoms. The minimum atomic E-state index is -3.58.